The Labute approximate surface area is 131 Å². The van der Waals surface area contributed by atoms with Gasteiger partial charge in [0.15, 0.2) is 0 Å². The van der Waals surface area contributed by atoms with Crippen molar-refractivity contribution in [3.63, 3.8) is 0 Å². The highest BCUT2D eigenvalue weighted by molar-refractivity contribution is 9.10. The zero-order valence-electron chi connectivity index (χ0n) is 11.1. The maximum Gasteiger partial charge on any atom is 0.141 e. The fourth-order valence-corrected chi connectivity index (χ4v) is 2.59. The molecule has 1 unspecified atom stereocenters. The first-order valence-corrected chi connectivity index (χ1v) is 7.19. The van der Waals surface area contributed by atoms with Crippen LogP contribution in [-0.4, -0.2) is 14.2 Å². The average Bonchev–Trinajstić information content (AvgIpc) is 2.45. The number of hydrogen-bond acceptors (Lipinski definition) is 2. The Bertz CT molecular complexity index is 604. The minimum absolute atomic E-state index is 0.112. The first kappa shape index (κ1) is 15.3. The predicted molar refractivity (Wildman–Crippen MR) is 83.0 cm³/mol. The molecule has 0 saturated heterocycles. The van der Waals surface area contributed by atoms with Crippen molar-refractivity contribution in [2.45, 2.75) is 6.04 Å². The number of halogens is 3. The quantitative estimate of drug-likeness (QED) is 0.865. The van der Waals surface area contributed by atoms with E-state index in [2.05, 4.69) is 21.2 Å². The van der Waals surface area contributed by atoms with E-state index in [9.17, 15) is 4.39 Å². The van der Waals surface area contributed by atoms with Gasteiger partial charge in [0.2, 0.25) is 0 Å². The summed E-state index contributed by atoms with van der Waals surface area (Å²) in [5.41, 5.74) is 1.87. The molecule has 2 nitrogen and oxygen atoms in total. The van der Waals surface area contributed by atoms with Crippen molar-refractivity contribution in [2.24, 2.45) is 0 Å². The molecule has 0 saturated carbocycles. The van der Waals surface area contributed by atoms with Crippen LogP contribution in [0.4, 0.5) is 4.39 Å². The van der Waals surface area contributed by atoms with E-state index in [1.165, 1.54) is 13.2 Å². The molecule has 0 aromatic heterocycles. The summed E-state index contributed by atoms with van der Waals surface area (Å²) in [6.07, 6.45) is 0. The predicted octanol–water partition coefficient (Wildman–Crippen LogP) is 4.56. The summed E-state index contributed by atoms with van der Waals surface area (Å²) in [6.45, 7) is 0. The van der Waals surface area contributed by atoms with Gasteiger partial charge < -0.3 is 10.1 Å². The van der Waals surface area contributed by atoms with Gasteiger partial charge in [-0.1, -0.05) is 23.7 Å². The lowest BCUT2D eigenvalue weighted by atomic mass is 9.98. The Hall–Kier alpha value is -1.10. The van der Waals surface area contributed by atoms with E-state index >= 15 is 0 Å². The first-order chi connectivity index (χ1) is 9.56. The van der Waals surface area contributed by atoms with Crippen LogP contribution in [0.3, 0.4) is 0 Å². The highest BCUT2D eigenvalue weighted by Gasteiger charge is 2.19. The van der Waals surface area contributed by atoms with E-state index in [0.29, 0.717) is 15.2 Å². The third kappa shape index (κ3) is 3.14. The summed E-state index contributed by atoms with van der Waals surface area (Å²) in [5, 5.41) is 3.89. The molecule has 0 aliphatic rings. The maximum absolute atomic E-state index is 13.6. The monoisotopic (exact) mass is 357 g/mol. The van der Waals surface area contributed by atoms with Gasteiger partial charge in [-0.3, -0.25) is 0 Å². The molecular weight excluding hydrogens is 345 g/mol. The molecule has 0 spiro atoms. The normalized spacial score (nSPS) is 12.2. The minimum Gasteiger partial charge on any atom is -0.496 e. The third-order valence-corrected chi connectivity index (χ3v) is 3.94. The van der Waals surface area contributed by atoms with Crippen molar-refractivity contribution in [3.8, 4) is 5.75 Å². The Morgan fingerprint density at radius 1 is 1.25 bits per heavy atom. The van der Waals surface area contributed by atoms with E-state index in [-0.39, 0.29) is 11.9 Å². The lowest BCUT2D eigenvalue weighted by molar-refractivity contribution is 0.401. The van der Waals surface area contributed by atoms with Crippen molar-refractivity contribution in [1.29, 1.82) is 0 Å². The second-order valence-electron chi connectivity index (χ2n) is 4.28. The molecule has 2 rings (SSSR count). The van der Waals surface area contributed by atoms with Gasteiger partial charge in [-0.25, -0.2) is 4.39 Å². The van der Waals surface area contributed by atoms with Gasteiger partial charge in [0.05, 0.1) is 17.6 Å². The molecular formula is C15H14BrClFNO. The number of benzene rings is 2. The Morgan fingerprint density at radius 2 is 1.90 bits per heavy atom. The second-order valence-corrected chi connectivity index (χ2v) is 5.57. The molecule has 0 bridgehead atoms. The molecule has 20 heavy (non-hydrogen) atoms. The summed E-state index contributed by atoms with van der Waals surface area (Å²) in [4.78, 5) is 0. The van der Waals surface area contributed by atoms with Crippen molar-refractivity contribution in [3.05, 3.63) is 62.8 Å². The van der Waals surface area contributed by atoms with E-state index in [1.54, 1.807) is 6.07 Å². The SMILES string of the molecule is CNC(c1ccc(Cl)cc1)c1cc(Br)c(F)cc1OC. The van der Waals surface area contributed by atoms with Gasteiger partial charge in [0, 0.05) is 16.7 Å². The molecule has 1 N–H and O–H groups in total. The van der Waals surface area contributed by atoms with Crippen molar-refractivity contribution in [2.75, 3.05) is 14.2 Å². The van der Waals surface area contributed by atoms with Crippen molar-refractivity contribution >= 4 is 27.5 Å². The van der Waals surface area contributed by atoms with E-state index < -0.39 is 0 Å². The van der Waals surface area contributed by atoms with Crippen molar-refractivity contribution < 1.29 is 9.13 Å². The lowest BCUT2D eigenvalue weighted by Crippen LogP contribution is -2.18. The summed E-state index contributed by atoms with van der Waals surface area (Å²) < 4.78 is 19.3. The molecule has 0 aliphatic carbocycles. The van der Waals surface area contributed by atoms with Crippen LogP contribution >= 0.6 is 27.5 Å². The standard InChI is InChI=1S/C15H14BrClFNO/c1-19-15(9-3-5-10(17)6-4-9)11-7-12(16)13(18)8-14(11)20-2/h3-8,15,19H,1-2H3. The van der Waals surface area contributed by atoms with Gasteiger partial charge in [-0.05, 0) is 46.7 Å². The topological polar surface area (TPSA) is 21.3 Å². The van der Waals surface area contributed by atoms with Crippen LogP contribution in [-0.2, 0) is 0 Å². The second kappa shape index (κ2) is 6.57. The van der Waals surface area contributed by atoms with Crippen LogP contribution in [0.15, 0.2) is 40.9 Å². The number of methoxy groups -OCH3 is 1. The molecule has 0 fully saturated rings. The minimum atomic E-state index is -0.350. The highest BCUT2D eigenvalue weighted by atomic mass is 79.9. The first-order valence-electron chi connectivity index (χ1n) is 6.02. The Balaban J connectivity index is 2.51. The molecule has 0 aliphatic heterocycles. The molecule has 2 aromatic rings. The average molecular weight is 359 g/mol. The van der Waals surface area contributed by atoms with Gasteiger partial charge >= 0.3 is 0 Å². The van der Waals surface area contributed by atoms with Crippen LogP contribution in [0.1, 0.15) is 17.2 Å². The molecule has 0 heterocycles. The maximum atomic E-state index is 13.6. The van der Waals surface area contributed by atoms with Gasteiger partial charge in [0.1, 0.15) is 11.6 Å². The van der Waals surface area contributed by atoms with Crippen LogP contribution in [0.25, 0.3) is 0 Å². The zero-order valence-corrected chi connectivity index (χ0v) is 13.4. The molecule has 1 atom stereocenters. The smallest absolute Gasteiger partial charge is 0.141 e. The number of nitrogens with one attached hydrogen (secondary N) is 1. The van der Waals surface area contributed by atoms with Gasteiger partial charge in [-0.2, -0.15) is 0 Å². The summed E-state index contributed by atoms with van der Waals surface area (Å²) >= 11 is 9.12. The molecule has 2 aromatic carbocycles. The summed E-state index contributed by atoms with van der Waals surface area (Å²) in [7, 11) is 3.37. The van der Waals surface area contributed by atoms with Crippen LogP contribution in [0.5, 0.6) is 5.75 Å². The zero-order chi connectivity index (χ0) is 14.7. The summed E-state index contributed by atoms with van der Waals surface area (Å²) in [5.74, 6) is 0.150. The van der Waals surface area contributed by atoms with Crippen LogP contribution in [0, 0.1) is 5.82 Å². The molecule has 0 amide bonds. The highest BCUT2D eigenvalue weighted by Crippen LogP contribution is 2.34. The molecule has 106 valence electrons. The van der Waals surface area contributed by atoms with Crippen LogP contribution in [0.2, 0.25) is 5.02 Å². The van der Waals surface area contributed by atoms with Gasteiger partial charge in [-0.15, -0.1) is 0 Å². The van der Waals surface area contributed by atoms with E-state index in [1.807, 2.05) is 31.3 Å². The van der Waals surface area contributed by atoms with Crippen LogP contribution < -0.4 is 10.1 Å². The van der Waals surface area contributed by atoms with Gasteiger partial charge in [0.25, 0.3) is 0 Å². The fraction of sp³-hybridized carbons (Fsp3) is 0.200. The number of rotatable bonds is 4. The Morgan fingerprint density at radius 3 is 2.45 bits per heavy atom. The Kier molecular flexibility index (Phi) is 5.02. The number of ether oxygens (including phenoxy) is 1. The van der Waals surface area contributed by atoms with E-state index in [4.69, 9.17) is 16.3 Å². The van der Waals surface area contributed by atoms with E-state index in [0.717, 1.165) is 11.1 Å². The molecule has 5 heteroatoms. The largest absolute Gasteiger partial charge is 0.496 e. The van der Waals surface area contributed by atoms with Crippen molar-refractivity contribution in [1.82, 2.24) is 5.32 Å². The summed E-state index contributed by atoms with van der Waals surface area (Å²) in [6, 6.07) is 10.5. The lowest BCUT2D eigenvalue weighted by Gasteiger charge is -2.20. The third-order valence-electron chi connectivity index (χ3n) is 3.08. The number of hydrogen-bond donors (Lipinski definition) is 1. The fourth-order valence-electron chi connectivity index (χ4n) is 2.10. The molecule has 0 radical (unpaired) electrons.